The number of sulfone groups is 1. The molecule has 2 N–H and O–H groups in total. The summed E-state index contributed by atoms with van der Waals surface area (Å²) in [5, 5.41) is 18.3. The van der Waals surface area contributed by atoms with Crippen LogP contribution in [-0.4, -0.2) is 52.4 Å². The van der Waals surface area contributed by atoms with Gasteiger partial charge in [0.15, 0.2) is 9.84 Å². The SMILES string of the molecule is O=C(O)c1ccnc(SC2CS(=O)(=O)CC2O)c1. The molecule has 98 valence electrons. The number of aliphatic hydroxyl groups excluding tert-OH is 1. The topological polar surface area (TPSA) is 105 Å². The fourth-order valence-electron chi connectivity index (χ4n) is 1.67. The first-order valence-electron chi connectivity index (χ1n) is 5.12. The monoisotopic (exact) mass is 289 g/mol. The average molecular weight is 289 g/mol. The van der Waals surface area contributed by atoms with E-state index < -0.39 is 27.2 Å². The van der Waals surface area contributed by atoms with Crippen LogP contribution in [0.15, 0.2) is 23.4 Å². The van der Waals surface area contributed by atoms with Crippen molar-refractivity contribution >= 4 is 27.6 Å². The first kappa shape index (κ1) is 13.3. The third kappa shape index (κ3) is 3.01. The molecule has 8 heteroatoms. The van der Waals surface area contributed by atoms with E-state index in [4.69, 9.17) is 5.11 Å². The fraction of sp³-hybridized carbons (Fsp3) is 0.400. The van der Waals surface area contributed by atoms with Crippen LogP contribution in [0.25, 0.3) is 0 Å². The molecule has 0 radical (unpaired) electrons. The van der Waals surface area contributed by atoms with Gasteiger partial charge >= 0.3 is 5.97 Å². The van der Waals surface area contributed by atoms with E-state index in [0.29, 0.717) is 5.03 Å². The Balaban J connectivity index is 2.15. The molecule has 1 aliphatic rings. The molecule has 1 saturated heterocycles. The van der Waals surface area contributed by atoms with Crippen molar-refractivity contribution in [2.24, 2.45) is 0 Å². The van der Waals surface area contributed by atoms with E-state index >= 15 is 0 Å². The number of aliphatic hydroxyl groups is 1. The van der Waals surface area contributed by atoms with E-state index in [1.165, 1.54) is 18.3 Å². The van der Waals surface area contributed by atoms with Crippen LogP contribution in [0.3, 0.4) is 0 Å². The molecule has 2 rings (SSSR count). The van der Waals surface area contributed by atoms with Crippen LogP contribution in [0, 0.1) is 0 Å². The van der Waals surface area contributed by atoms with Crippen LogP contribution >= 0.6 is 11.8 Å². The van der Waals surface area contributed by atoms with Crippen molar-refractivity contribution in [1.82, 2.24) is 4.98 Å². The first-order valence-corrected chi connectivity index (χ1v) is 7.82. The smallest absolute Gasteiger partial charge is 0.335 e. The molecule has 18 heavy (non-hydrogen) atoms. The number of rotatable bonds is 3. The number of thioether (sulfide) groups is 1. The minimum Gasteiger partial charge on any atom is -0.478 e. The molecule has 1 fully saturated rings. The fourth-order valence-corrected chi connectivity index (χ4v) is 5.18. The van der Waals surface area contributed by atoms with Gasteiger partial charge in [-0.05, 0) is 12.1 Å². The van der Waals surface area contributed by atoms with E-state index in [0.717, 1.165) is 11.8 Å². The second-order valence-electron chi connectivity index (χ2n) is 3.99. The second kappa shape index (κ2) is 4.87. The second-order valence-corrected chi connectivity index (χ2v) is 7.40. The zero-order chi connectivity index (χ0) is 13.3. The largest absolute Gasteiger partial charge is 0.478 e. The number of aromatic carboxylic acids is 1. The number of pyridine rings is 1. The van der Waals surface area contributed by atoms with Gasteiger partial charge in [-0.1, -0.05) is 11.8 Å². The highest BCUT2D eigenvalue weighted by Crippen LogP contribution is 2.30. The Morgan fingerprint density at radius 3 is 2.72 bits per heavy atom. The number of carboxylic acids is 1. The van der Waals surface area contributed by atoms with Crippen molar-refractivity contribution in [2.45, 2.75) is 16.4 Å². The summed E-state index contributed by atoms with van der Waals surface area (Å²) in [6.07, 6.45) is 0.414. The Bertz CT molecular complexity index is 571. The molecule has 0 amide bonds. The lowest BCUT2D eigenvalue weighted by atomic mass is 10.3. The number of nitrogens with zero attached hydrogens (tertiary/aromatic N) is 1. The molecule has 0 saturated carbocycles. The molecule has 1 aromatic rings. The molecule has 0 aromatic carbocycles. The molecule has 2 heterocycles. The van der Waals surface area contributed by atoms with Gasteiger partial charge in [0, 0.05) is 6.20 Å². The minimum absolute atomic E-state index is 0.0860. The Hall–Kier alpha value is -1.12. The standard InChI is InChI=1S/C10H11NO5S2/c12-7-4-18(15,16)5-8(7)17-9-3-6(10(13)14)1-2-11-9/h1-3,7-8,12H,4-5H2,(H,13,14). The van der Waals surface area contributed by atoms with Gasteiger partial charge < -0.3 is 10.2 Å². The lowest BCUT2D eigenvalue weighted by molar-refractivity contribution is 0.0696. The number of aromatic nitrogens is 1. The predicted octanol–water partition coefficient (Wildman–Crippen LogP) is 0.0298. The molecule has 0 bridgehead atoms. The van der Waals surface area contributed by atoms with Crippen LogP contribution in [0.4, 0.5) is 0 Å². The lowest BCUT2D eigenvalue weighted by Crippen LogP contribution is -2.20. The Morgan fingerprint density at radius 1 is 1.44 bits per heavy atom. The first-order chi connectivity index (χ1) is 8.37. The van der Waals surface area contributed by atoms with Crippen molar-refractivity contribution in [1.29, 1.82) is 0 Å². The number of hydrogen-bond acceptors (Lipinski definition) is 6. The van der Waals surface area contributed by atoms with Gasteiger partial charge in [0.1, 0.15) is 0 Å². The van der Waals surface area contributed by atoms with Crippen LogP contribution < -0.4 is 0 Å². The molecule has 2 unspecified atom stereocenters. The molecular weight excluding hydrogens is 278 g/mol. The van der Waals surface area contributed by atoms with Crippen LogP contribution in [-0.2, 0) is 9.84 Å². The molecule has 1 aromatic heterocycles. The highest BCUT2D eigenvalue weighted by molar-refractivity contribution is 8.01. The van der Waals surface area contributed by atoms with Gasteiger partial charge in [-0.3, -0.25) is 0 Å². The highest BCUT2D eigenvalue weighted by Gasteiger charge is 2.37. The van der Waals surface area contributed by atoms with Crippen LogP contribution in [0.2, 0.25) is 0 Å². The number of hydrogen-bond donors (Lipinski definition) is 2. The third-order valence-corrected chi connectivity index (χ3v) is 5.70. The highest BCUT2D eigenvalue weighted by atomic mass is 32.2. The van der Waals surface area contributed by atoms with Crippen molar-refractivity contribution in [3.05, 3.63) is 23.9 Å². The van der Waals surface area contributed by atoms with Crippen molar-refractivity contribution in [2.75, 3.05) is 11.5 Å². The van der Waals surface area contributed by atoms with Gasteiger partial charge in [-0.15, -0.1) is 0 Å². The molecule has 1 aliphatic heterocycles. The maximum Gasteiger partial charge on any atom is 0.335 e. The summed E-state index contributed by atoms with van der Waals surface area (Å²) in [6.45, 7) is 0. The van der Waals surface area contributed by atoms with E-state index in [2.05, 4.69) is 4.98 Å². The summed E-state index contributed by atoms with van der Waals surface area (Å²) in [5.41, 5.74) is 0.0860. The van der Waals surface area contributed by atoms with Gasteiger partial charge in [0.2, 0.25) is 0 Å². The summed E-state index contributed by atoms with van der Waals surface area (Å²) in [6, 6.07) is 2.72. The normalized spacial score (nSPS) is 26.1. The number of carboxylic acid groups (broad SMARTS) is 1. The third-order valence-electron chi connectivity index (χ3n) is 2.53. The Morgan fingerprint density at radius 2 is 2.17 bits per heavy atom. The van der Waals surface area contributed by atoms with E-state index in [9.17, 15) is 18.3 Å². The van der Waals surface area contributed by atoms with E-state index in [1.807, 2.05) is 0 Å². The van der Waals surface area contributed by atoms with E-state index in [1.54, 1.807) is 0 Å². The molecule has 2 atom stereocenters. The summed E-state index contributed by atoms with van der Waals surface area (Å²) >= 11 is 1.09. The average Bonchev–Trinajstić information content (AvgIpc) is 2.52. The van der Waals surface area contributed by atoms with Crippen molar-refractivity contribution < 1.29 is 23.4 Å². The molecule has 6 nitrogen and oxygen atoms in total. The molecule has 0 spiro atoms. The number of carbonyl (C=O) groups is 1. The maximum absolute atomic E-state index is 11.3. The van der Waals surface area contributed by atoms with Gasteiger partial charge in [0.25, 0.3) is 0 Å². The van der Waals surface area contributed by atoms with Gasteiger partial charge in [-0.2, -0.15) is 0 Å². The van der Waals surface area contributed by atoms with Crippen LogP contribution in [0.5, 0.6) is 0 Å². The quantitative estimate of drug-likeness (QED) is 0.808. The molecule has 0 aliphatic carbocycles. The van der Waals surface area contributed by atoms with Gasteiger partial charge in [0.05, 0.1) is 33.4 Å². The maximum atomic E-state index is 11.3. The predicted molar refractivity (Wildman–Crippen MR) is 65.5 cm³/mol. The van der Waals surface area contributed by atoms with Crippen molar-refractivity contribution in [3.8, 4) is 0 Å². The van der Waals surface area contributed by atoms with Gasteiger partial charge in [-0.25, -0.2) is 18.2 Å². The minimum atomic E-state index is -3.21. The summed E-state index contributed by atoms with van der Waals surface area (Å²) in [7, 11) is -3.21. The zero-order valence-corrected chi connectivity index (χ0v) is 10.8. The molecular formula is C10H11NO5S2. The van der Waals surface area contributed by atoms with E-state index in [-0.39, 0.29) is 17.1 Å². The summed E-state index contributed by atoms with van der Waals surface area (Å²) in [5.74, 6) is -1.43. The summed E-state index contributed by atoms with van der Waals surface area (Å²) in [4.78, 5) is 14.7. The Labute approximate surface area is 108 Å². The van der Waals surface area contributed by atoms with Crippen molar-refractivity contribution in [3.63, 3.8) is 0 Å². The van der Waals surface area contributed by atoms with Crippen LogP contribution in [0.1, 0.15) is 10.4 Å². The lowest BCUT2D eigenvalue weighted by Gasteiger charge is -2.11. The zero-order valence-electron chi connectivity index (χ0n) is 9.18. The Kier molecular flexibility index (Phi) is 3.60. The summed E-state index contributed by atoms with van der Waals surface area (Å²) < 4.78 is 22.7.